The van der Waals surface area contributed by atoms with Gasteiger partial charge in [-0.05, 0) is 47.4 Å². The first-order valence-electron chi connectivity index (χ1n) is 8.80. The number of amides is 1. The van der Waals surface area contributed by atoms with Crippen LogP contribution in [0.25, 0.3) is 0 Å². The second-order valence-corrected chi connectivity index (χ2v) is 6.31. The third-order valence-electron chi connectivity index (χ3n) is 3.76. The van der Waals surface area contributed by atoms with Gasteiger partial charge in [0, 0.05) is 6.92 Å². The van der Waals surface area contributed by atoms with Gasteiger partial charge in [0.2, 0.25) is 0 Å². The molecule has 0 aliphatic heterocycles. The van der Waals surface area contributed by atoms with Crippen LogP contribution in [0.15, 0.2) is 47.6 Å². The van der Waals surface area contributed by atoms with Crippen molar-refractivity contribution in [1.29, 1.82) is 0 Å². The van der Waals surface area contributed by atoms with Crippen molar-refractivity contribution in [3.05, 3.63) is 53.6 Å². The van der Waals surface area contributed by atoms with E-state index >= 15 is 0 Å². The number of carbonyl (C=O) groups is 2. The maximum Gasteiger partial charge on any atom is 0.308 e. The number of esters is 1. The average molecular weight is 384 g/mol. The number of nitrogens with zero attached hydrogens (tertiary/aromatic N) is 1. The average Bonchev–Trinajstić information content (AvgIpc) is 2.67. The van der Waals surface area contributed by atoms with E-state index in [4.69, 9.17) is 14.2 Å². The van der Waals surface area contributed by atoms with E-state index in [1.807, 2.05) is 24.3 Å². The fourth-order valence-electron chi connectivity index (χ4n) is 2.31. The SMILES string of the molecule is COc1cc(/C=N/NC(=O)COc2ccc(C(C)C)cc2)ccc1OC(C)=O. The molecule has 2 aromatic carbocycles. The number of hydrazone groups is 1. The predicted octanol–water partition coefficient (Wildman–Crippen LogP) is 3.27. The van der Waals surface area contributed by atoms with Crippen molar-refractivity contribution in [2.24, 2.45) is 5.10 Å². The Morgan fingerprint density at radius 3 is 2.43 bits per heavy atom. The maximum absolute atomic E-state index is 11.8. The van der Waals surface area contributed by atoms with Gasteiger partial charge in [0.15, 0.2) is 18.1 Å². The number of benzene rings is 2. The van der Waals surface area contributed by atoms with E-state index in [-0.39, 0.29) is 12.5 Å². The molecule has 0 saturated carbocycles. The van der Waals surface area contributed by atoms with Gasteiger partial charge < -0.3 is 14.2 Å². The molecule has 0 unspecified atom stereocenters. The normalized spacial score (nSPS) is 10.8. The number of nitrogens with one attached hydrogen (secondary N) is 1. The third-order valence-corrected chi connectivity index (χ3v) is 3.76. The maximum atomic E-state index is 11.8. The minimum Gasteiger partial charge on any atom is -0.493 e. The first kappa shape index (κ1) is 21.0. The van der Waals surface area contributed by atoms with Crippen LogP contribution < -0.4 is 19.6 Å². The minimum atomic E-state index is -0.439. The lowest BCUT2D eigenvalue weighted by molar-refractivity contribution is -0.132. The van der Waals surface area contributed by atoms with Crippen molar-refractivity contribution in [2.75, 3.05) is 13.7 Å². The molecule has 2 aromatic rings. The summed E-state index contributed by atoms with van der Waals surface area (Å²) in [4.78, 5) is 22.9. The Balaban J connectivity index is 1.86. The molecule has 2 rings (SSSR count). The van der Waals surface area contributed by atoms with Crippen molar-refractivity contribution in [3.63, 3.8) is 0 Å². The lowest BCUT2D eigenvalue weighted by Crippen LogP contribution is -2.24. The Morgan fingerprint density at radius 2 is 1.82 bits per heavy atom. The van der Waals surface area contributed by atoms with Crippen LogP contribution in [0, 0.1) is 0 Å². The molecule has 0 saturated heterocycles. The molecule has 28 heavy (non-hydrogen) atoms. The van der Waals surface area contributed by atoms with Gasteiger partial charge in [-0.15, -0.1) is 0 Å². The van der Waals surface area contributed by atoms with Gasteiger partial charge in [-0.3, -0.25) is 9.59 Å². The largest absolute Gasteiger partial charge is 0.493 e. The van der Waals surface area contributed by atoms with Gasteiger partial charge in [-0.2, -0.15) is 5.10 Å². The van der Waals surface area contributed by atoms with E-state index < -0.39 is 5.97 Å². The Kier molecular flexibility index (Phi) is 7.56. The molecular formula is C21H24N2O5. The molecule has 7 heteroatoms. The number of hydrogen-bond acceptors (Lipinski definition) is 6. The molecule has 0 aliphatic rings. The highest BCUT2D eigenvalue weighted by molar-refractivity contribution is 5.84. The molecule has 7 nitrogen and oxygen atoms in total. The predicted molar refractivity (Wildman–Crippen MR) is 106 cm³/mol. The van der Waals surface area contributed by atoms with Crippen molar-refractivity contribution < 1.29 is 23.8 Å². The monoisotopic (exact) mass is 384 g/mol. The first-order valence-corrected chi connectivity index (χ1v) is 8.80. The topological polar surface area (TPSA) is 86.2 Å². The molecule has 0 heterocycles. The van der Waals surface area contributed by atoms with Crippen molar-refractivity contribution in [1.82, 2.24) is 5.43 Å². The quantitative estimate of drug-likeness (QED) is 0.327. The minimum absolute atomic E-state index is 0.146. The van der Waals surface area contributed by atoms with E-state index in [1.54, 1.807) is 18.2 Å². The molecule has 0 radical (unpaired) electrons. The molecule has 1 N–H and O–H groups in total. The zero-order chi connectivity index (χ0) is 20.5. The molecule has 0 atom stereocenters. The number of hydrogen-bond donors (Lipinski definition) is 1. The smallest absolute Gasteiger partial charge is 0.308 e. The van der Waals surface area contributed by atoms with E-state index in [9.17, 15) is 9.59 Å². The summed E-state index contributed by atoms with van der Waals surface area (Å²) in [7, 11) is 1.47. The molecule has 0 bridgehead atoms. The third kappa shape index (κ3) is 6.42. The van der Waals surface area contributed by atoms with Crippen LogP contribution in [0.1, 0.15) is 37.8 Å². The molecule has 0 spiro atoms. The molecule has 0 aliphatic carbocycles. The van der Waals surface area contributed by atoms with E-state index in [2.05, 4.69) is 24.4 Å². The van der Waals surface area contributed by atoms with Crippen LogP contribution in [0.4, 0.5) is 0 Å². The Bertz CT molecular complexity index is 844. The van der Waals surface area contributed by atoms with Crippen molar-refractivity contribution in [3.8, 4) is 17.2 Å². The van der Waals surface area contributed by atoms with Gasteiger partial charge in [0.05, 0.1) is 13.3 Å². The second kappa shape index (κ2) is 10.1. The molecule has 0 aromatic heterocycles. The summed E-state index contributed by atoms with van der Waals surface area (Å²) in [5, 5.41) is 3.89. The summed E-state index contributed by atoms with van der Waals surface area (Å²) >= 11 is 0. The van der Waals surface area contributed by atoms with Gasteiger partial charge in [-0.1, -0.05) is 26.0 Å². The zero-order valence-electron chi connectivity index (χ0n) is 16.4. The number of ether oxygens (including phenoxy) is 3. The number of rotatable bonds is 8. The molecular weight excluding hydrogens is 360 g/mol. The number of methoxy groups -OCH3 is 1. The lowest BCUT2D eigenvalue weighted by Gasteiger charge is -2.08. The molecule has 1 amide bonds. The summed E-state index contributed by atoms with van der Waals surface area (Å²) in [6.07, 6.45) is 1.45. The van der Waals surface area contributed by atoms with Gasteiger partial charge >= 0.3 is 5.97 Å². The van der Waals surface area contributed by atoms with Gasteiger partial charge in [0.25, 0.3) is 5.91 Å². The van der Waals surface area contributed by atoms with Crippen LogP contribution in [-0.4, -0.2) is 31.8 Å². The van der Waals surface area contributed by atoms with E-state index in [0.717, 1.165) is 0 Å². The van der Waals surface area contributed by atoms with Crippen LogP contribution >= 0.6 is 0 Å². The highest BCUT2D eigenvalue weighted by atomic mass is 16.6. The Labute approximate surface area is 164 Å². The zero-order valence-corrected chi connectivity index (χ0v) is 16.4. The lowest BCUT2D eigenvalue weighted by atomic mass is 10.0. The standard InChI is InChI=1S/C21H24N2O5/c1-14(2)17-6-8-18(9-7-17)27-13-21(25)23-22-12-16-5-10-19(28-15(3)24)20(11-16)26-4/h5-12,14H,13H2,1-4H3,(H,23,25)/b22-12+. The Morgan fingerprint density at radius 1 is 1.11 bits per heavy atom. The highest BCUT2D eigenvalue weighted by Gasteiger charge is 2.07. The van der Waals surface area contributed by atoms with Crippen LogP contribution in [0.5, 0.6) is 17.2 Å². The summed E-state index contributed by atoms with van der Waals surface area (Å²) in [5.41, 5.74) is 4.26. The summed E-state index contributed by atoms with van der Waals surface area (Å²) in [6.45, 7) is 5.39. The van der Waals surface area contributed by atoms with Gasteiger partial charge in [0.1, 0.15) is 5.75 Å². The van der Waals surface area contributed by atoms with Crippen molar-refractivity contribution >= 4 is 18.1 Å². The number of carbonyl (C=O) groups excluding carboxylic acids is 2. The van der Waals surface area contributed by atoms with Crippen LogP contribution in [0.3, 0.4) is 0 Å². The van der Waals surface area contributed by atoms with E-state index in [1.165, 1.54) is 25.8 Å². The summed E-state index contributed by atoms with van der Waals surface area (Å²) < 4.78 is 15.7. The molecule has 148 valence electrons. The van der Waals surface area contributed by atoms with Crippen LogP contribution in [-0.2, 0) is 9.59 Å². The van der Waals surface area contributed by atoms with Crippen molar-refractivity contribution in [2.45, 2.75) is 26.7 Å². The van der Waals surface area contributed by atoms with Gasteiger partial charge in [-0.25, -0.2) is 5.43 Å². The Hall–Kier alpha value is -3.35. The van der Waals surface area contributed by atoms with E-state index in [0.29, 0.717) is 28.7 Å². The fraction of sp³-hybridized carbons (Fsp3) is 0.286. The summed E-state index contributed by atoms with van der Waals surface area (Å²) in [5.74, 6) is 0.938. The highest BCUT2D eigenvalue weighted by Crippen LogP contribution is 2.27. The first-order chi connectivity index (χ1) is 13.4. The fourth-order valence-corrected chi connectivity index (χ4v) is 2.31. The second-order valence-electron chi connectivity index (χ2n) is 6.31. The summed E-state index contributed by atoms with van der Waals surface area (Å²) in [6, 6.07) is 12.5. The van der Waals surface area contributed by atoms with Crippen LogP contribution in [0.2, 0.25) is 0 Å². The molecule has 0 fully saturated rings.